The van der Waals surface area contributed by atoms with Crippen molar-refractivity contribution in [2.45, 2.75) is 39.2 Å². The molecule has 1 N–H and O–H groups in total. The minimum Gasteiger partial charge on any atom is -0.507 e. The maximum atomic E-state index is 13.4. The van der Waals surface area contributed by atoms with Crippen LogP contribution >= 0.6 is 0 Å². The zero-order valence-electron chi connectivity index (χ0n) is 21.2. The third kappa shape index (κ3) is 4.71. The number of benzene rings is 3. The number of aliphatic hydroxyl groups is 1. The fraction of sp³-hybridized carbons (Fsp3) is 0.267. The van der Waals surface area contributed by atoms with Crippen LogP contribution in [-0.4, -0.2) is 30.5 Å². The van der Waals surface area contributed by atoms with Crippen LogP contribution in [0.15, 0.2) is 78.4 Å². The molecule has 1 saturated heterocycles. The third-order valence-electron chi connectivity index (χ3n) is 6.30. The second-order valence-corrected chi connectivity index (χ2v) is 9.70. The molecular weight excluding hydrogens is 454 g/mol. The molecule has 0 bridgehead atoms. The number of nitrogens with zero attached hydrogens (tertiary/aromatic N) is 1. The number of carbonyl (C=O) groups is 2. The van der Waals surface area contributed by atoms with E-state index in [-0.39, 0.29) is 16.7 Å². The quantitative estimate of drug-likeness (QED) is 0.263. The molecule has 6 nitrogen and oxygen atoms in total. The lowest BCUT2D eigenvalue weighted by molar-refractivity contribution is -0.132. The van der Waals surface area contributed by atoms with Crippen LogP contribution in [0.3, 0.4) is 0 Å². The first-order valence-corrected chi connectivity index (χ1v) is 11.9. The number of ketones is 1. The van der Waals surface area contributed by atoms with Crippen LogP contribution in [-0.2, 0) is 15.0 Å². The number of methoxy groups -OCH3 is 1. The normalized spacial score (nSPS) is 17.4. The fourth-order valence-corrected chi connectivity index (χ4v) is 4.38. The topological polar surface area (TPSA) is 76.1 Å². The van der Waals surface area contributed by atoms with Crippen LogP contribution in [0, 0.1) is 0 Å². The van der Waals surface area contributed by atoms with Crippen LogP contribution < -0.4 is 14.4 Å². The first-order valence-electron chi connectivity index (χ1n) is 11.9. The van der Waals surface area contributed by atoms with Gasteiger partial charge in [0.1, 0.15) is 17.3 Å². The summed E-state index contributed by atoms with van der Waals surface area (Å²) in [5.74, 6) is -0.439. The lowest BCUT2D eigenvalue weighted by atomic mass is 9.87. The number of hydrogen-bond donors (Lipinski definition) is 1. The monoisotopic (exact) mass is 485 g/mol. The summed E-state index contributed by atoms with van der Waals surface area (Å²) in [6, 6.07) is 20.8. The van der Waals surface area contributed by atoms with Crippen molar-refractivity contribution in [3.05, 3.63) is 95.1 Å². The molecule has 1 atom stereocenters. The highest BCUT2D eigenvalue weighted by Gasteiger charge is 2.47. The molecule has 0 aliphatic carbocycles. The Morgan fingerprint density at radius 2 is 1.61 bits per heavy atom. The molecule has 1 heterocycles. The van der Waals surface area contributed by atoms with E-state index in [2.05, 4.69) is 20.8 Å². The van der Waals surface area contributed by atoms with Crippen molar-refractivity contribution in [1.29, 1.82) is 0 Å². The summed E-state index contributed by atoms with van der Waals surface area (Å²) in [5.41, 5.74) is 2.72. The van der Waals surface area contributed by atoms with Crippen molar-refractivity contribution in [3.8, 4) is 11.5 Å². The SMILES string of the molecule is CCOc1ccc(/C(O)=C2/C(=O)C(=O)N(c3ccc(C(C)(C)C)cc3)C2c2cccc(OC)c2)cc1. The number of rotatable bonds is 6. The van der Waals surface area contributed by atoms with Crippen molar-refractivity contribution >= 4 is 23.1 Å². The van der Waals surface area contributed by atoms with Gasteiger partial charge in [0, 0.05) is 11.3 Å². The van der Waals surface area contributed by atoms with Crippen molar-refractivity contribution in [1.82, 2.24) is 0 Å². The minimum atomic E-state index is -0.827. The van der Waals surface area contributed by atoms with Gasteiger partial charge in [-0.1, -0.05) is 45.0 Å². The van der Waals surface area contributed by atoms with Gasteiger partial charge in [0.2, 0.25) is 0 Å². The Bertz CT molecular complexity index is 1300. The van der Waals surface area contributed by atoms with Gasteiger partial charge in [-0.3, -0.25) is 14.5 Å². The summed E-state index contributed by atoms with van der Waals surface area (Å²) in [7, 11) is 1.56. The number of amides is 1. The van der Waals surface area contributed by atoms with E-state index in [1.165, 1.54) is 4.90 Å². The minimum absolute atomic E-state index is 0.0253. The second-order valence-electron chi connectivity index (χ2n) is 9.70. The molecule has 6 heteroatoms. The molecule has 1 unspecified atom stereocenters. The molecule has 3 aromatic carbocycles. The van der Waals surface area contributed by atoms with E-state index in [1.54, 1.807) is 49.6 Å². The molecule has 1 amide bonds. The lowest BCUT2D eigenvalue weighted by Crippen LogP contribution is -2.29. The highest BCUT2D eigenvalue weighted by atomic mass is 16.5. The summed E-state index contributed by atoms with van der Waals surface area (Å²) < 4.78 is 10.9. The summed E-state index contributed by atoms with van der Waals surface area (Å²) in [5, 5.41) is 11.3. The second kappa shape index (κ2) is 9.90. The maximum absolute atomic E-state index is 13.4. The van der Waals surface area contributed by atoms with Gasteiger partial charge < -0.3 is 14.6 Å². The summed E-state index contributed by atoms with van der Waals surface area (Å²) in [6.45, 7) is 8.74. The molecule has 4 rings (SSSR count). The zero-order valence-corrected chi connectivity index (χ0v) is 21.2. The fourth-order valence-electron chi connectivity index (χ4n) is 4.38. The number of carbonyl (C=O) groups excluding carboxylic acids is 2. The lowest BCUT2D eigenvalue weighted by Gasteiger charge is -2.27. The van der Waals surface area contributed by atoms with Crippen LogP contribution in [0.25, 0.3) is 5.76 Å². The Balaban J connectivity index is 1.88. The van der Waals surface area contributed by atoms with Crippen LogP contribution in [0.2, 0.25) is 0 Å². The highest BCUT2D eigenvalue weighted by molar-refractivity contribution is 6.51. The summed E-state index contributed by atoms with van der Waals surface area (Å²) in [4.78, 5) is 28.2. The Labute approximate surface area is 211 Å². The van der Waals surface area contributed by atoms with E-state index in [9.17, 15) is 14.7 Å². The van der Waals surface area contributed by atoms with E-state index in [0.717, 1.165) is 5.56 Å². The highest BCUT2D eigenvalue weighted by Crippen LogP contribution is 2.43. The predicted molar refractivity (Wildman–Crippen MR) is 141 cm³/mol. The van der Waals surface area contributed by atoms with Gasteiger partial charge in [-0.15, -0.1) is 0 Å². The van der Waals surface area contributed by atoms with Gasteiger partial charge in [-0.25, -0.2) is 0 Å². The number of Topliss-reactive ketones (excluding diaryl/α,β-unsaturated/α-hetero) is 1. The van der Waals surface area contributed by atoms with E-state index >= 15 is 0 Å². The van der Waals surface area contributed by atoms with Crippen LogP contribution in [0.5, 0.6) is 11.5 Å². The molecule has 1 fully saturated rings. The Hall–Kier alpha value is -4.06. The van der Waals surface area contributed by atoms with Crippen molar-refractivity contribution in [2.75, 3.05) is 18.6 Å². The van der Waals surface area contributed by atoms with Gasteiger partial charge >= 0.3 is 0 Å². The van der Waals surface area contributed by atoms with Crippen molar-refractivity contribution in [3.63, 3.8) is 0 Å². The maximum Gasteiger partial charge on any atom is 0.300 e. The Morgan fingerprint density at radius 1 is 0.944 bits per heavy atom. The van der Waals surface area contributed by atoms with Crippen LogP contribution in [0.4, 0.5) is 5.69 Å². The molecule has 0 spiro atoms. The summed E-state index contributed by atoms with van der Waals surface area (Å²) in [6.07, 6.45) is 0. The van der Waals surface area contributed by atoms with Crippen LogP contribution in [0.1, 0.15) is 50.4 Å². The summed E-state index contributed by atoms with van der Waals surface area (Å²) >= 11 is 0. The molecule has 186 valence electrons. The van der Waals surface area contributed by atoms with Crippen molar-refractivity contribution in [2.24, 2.45) is 0 Å². The predicted octanol–water partition coefficient (Wildman–Crippen LogP) is 6.02. The number of ether oxygens (including phenoxy) is 2. The van der Waals surface area contributed by atoms with E-state index in [1.807, 2.05) is 37.3 Å². The van der Waals surface area contributed by atoms with Gasteiger partial charge in [-0.2, -0.15) is 0 Å². The van der Waals surface area contributed by atoms with E-state index < -0.39 is 17.7 Å². The van der Waals surface area contributed by atoms with Gasteiger partial charge in [0.15, 0.2) is 0 Å². The molecule has 0 aromatic heterocycles. The van der Waals surface area contributed by atoms with Crippen molar-refractivity contribution < 1.29 is 24.2 Å². The van der Waals surface area contributed by atoms with Gasteiger partial charge in [0.25, 0.3) is 11.7 Å². The zero-order chi connectivity index (χ0) is 26.0. The Kier molecular flexibility index (Phi) is 6.88. The molecule has 36 heavy (non-hydrogen) atoms. The van der Waals surface area contributed by atoms with Gasteiger partial charge in [0.05, 0.1) is 25.3 Å². The number of aliphatic hydroxyl groups excluding tert-OH is 1. The number of anilines is 1. The third-order valence-corrected chi connectivity index (χ3v) is 6.30. The molecule has 1 aliphatic rings. The van der Waals surface area contributed by atoms with E-state index in [4.69, 9.17) is 9.47 Å². The van der Waals surface area contributed by atoms with E-state index in [0.29, 0.717) is 34.9 Å². The van der Waals surface area contributed by atoms with Gasteiger partial charge in [-0.05, 0) is 72.0 Å². The molecular formula is C30H31NO5. The average Bonchev–Trinajstić information content (AvgIpc) is 3.14. The Morgan fingerprint density at radius 3 is 2.19 bits per heavy atom. The smallest absolute Gasteiger partial charge is 0.300 e. The largest absolute Gasteiger partial charge is 0.507 e. The first-order chi connectivity index (χ1) is 17.2. The first kappa shape index (κ1) is 25.0. The molecule has 0 radical (unpaired) electrons. The standard InChI is InChI=1S/C30H31NO5/c1-6-36-23-16-10-19(11-17-23)27(32)25-26(20-8-7-9-24(18-20)35-5)31(29(34)28(25)33)22-14-12-21(13-15-22)30(2,3)4/h7-18,26,32H,6H2,1-5H3/b27-25-. The number of hydrogen-bond acceptors (Lipinski definition) is 5. The molecule has 3 aromatic rings. The molecule has 1 aliphatic heterocycles. The molecule has 0 saturated carbocycles. The average molecular weight is 486 g/mol.